The normalized spacial score (nSPS) is 10.0. The first kappa shape index (κ1) is 15.2. The Labute approximate surface area is 114 Å². The Bertz CT molecular complexity index is 430. The summed E-state index contributed by atoms with van der Waals surface area (Å²) in [5.41, 5.74) is 1.06. The standard InChI is InChI=1S/C15H22N2O2/c1-3-4-5-6-11-14(18)17-13-10-8-7-9-12(13)15(19)16-2/h7-10H,3-6,11H2,1-2H3,(H,16,19)(H,17,18). The van der Waals surface area contributed by atoms with Crippen LogP contribution in [-0.4, -0.2) is 18.9 Å². The van der Waals surface area contributed by atoms with Crippen molar-refractivity contribution in [2.24, 2.45) is 0 Å². The molecule has 19 heavy (non-hydrogen) atoms. The third-order valence-electron chi connectivity index (χ3n) is 2.93. The highest BCUT2D eigenvalue weighted by atomic mass is 16.2. The zero-order chi connectivity index (χ0) is 14.1. The second kappa shape index (κ2) is 8.29. The molecule has 4 heteroatoms. The van der Waals surface area contributed by atoms with Crippen molar-refractivity contribution < 1.29 is 9.59 Å². The van der Waals surface area contributed by atoms with Crippen molar-refractivity contribution >= 4 is 17.5 Å². The first-order valence-corrected chi connectivity index (χ1v) is 6.80. The molecule has 2 N–H and O–H groups in total. The van der Waals surface area contributed by atoms with Crippen LogP contribution in [0.3, 0.4) is 0 Å². The lowest BCUT2D eigenvalue weighted by Crippen LogP contribution is -2.21. The van der Waals surface area contributed by atoms with Crippen molar-refractivity contribution in [3.8, 4) is 0 Å². The summed E-state index contributed by atoms with van der Waals surface area (Å²) in [6.45, 7) is 2.14. The van der Waals surface area contributed by atoms with Gasteiger partial charge in [0.05, 0.1) is 11.3 Å². The number of hydrogen-bond acceptors (Lipinski definition) is 2. The number of amides is 2. The number of nitrogens with one attached hydrogen (secondary N) is 2. The van der Waals surface area contributed by atoms with Crippen LogP contribution in [0.1, 0.15) is 49.4 Å². The number of unbranched alkanes of at least 4 members (excludes halogenated alkanes) is 3. The lowest BCUT2D eigenvalue weighted by molar-refractivity contribution is -0.116. The summed E-state index contributed by atoms with van der Waals surface area (Å²) in [7, 11) is 1.58. The van der Waals surface area contributed by atoms with Gasteiger partial charge in [-0.3, -0.25) is 9.59 Å². The average Bonchev–Trinajstić information content (AvgIpc) is 2.43. The van der Waals surface area contributed by atoms with Crippen molar-refractivity contribution in [2.75, 3.05) is 12.4 Å². The molecule has 0 aromatic heterocycles. The lowest BCUT2D eigenvalue weighted by atomic mass is 10.1. The topological polar surface area (TPSA) is 58.2 Å². The summed E-state index contributed by atoms with van der Waals surface area (Å²) in [6.07, 6.45) is 4.77. The molecule has 0 saturated heterocycles. The van der Waals surface area contributed by atoms with Crippen LogP contribution in [0.4, 0.5) is 5.69 Å². The molecule has 0 aliphatic heterocycles. The predicted molar refractivity (Wildman–Crippen MR) is 77.2 cm³/mol. The molecule has 1 aromatic rings. The summed E-state index contributed by atoms with van der Waals surface area (Å²) in [4.78, 5) is 23.4. The molecule has 4 nitrogen and oxygen atoms in total. The molecule has 0 heterocycles. The minimum Gasteiger partial charge on any atom is -0.355 e. The van der Waals surface area contributed by atoms with Gasteiger partial charge in [0.25, 0.3) is 5.91 Å². The Morgan fingerprint density at radius 1 is 1.11 bits per heavy atom. The molecule has 2 amide bonds. The number of para-hydroxylation sites is 1. The first-order valence-electron chi connectivity index (χ1n) is 6.80. The molecule has 1 aromatic carbocycles. The van der Waals surface area contributed by atoms with Gasteiger partial charge in [-0.25, -0.2) is 0 Å². The molecule has 104 valence electrons. The quantitative estimate of drug-likeness (QED) is 0.742. The largest absolute Gasteiger partial charge is 0.355 e. The van der Waals surface area contributed by atoms with Crippen LogP contribution in [0.25, 0.3) is 0 Å². The van der Waals surface area contributed by atoms with Gasteiger partial charge in [0, 0.05) is 13.5 Å². The fourth-order valence-corrected chi connectivity index (χ4v) is 1.85. The van der Waals surface area contributed by atoms with Gasteiger partial charge in [0.2, 0.25) is 5.91 Å². The molecule has 0 atom stereocenters. The van der Waals surface area contributed by atoms with Gasteiger partial charge in [-0.05, 0) is 18.6 Å². The Balaban J connectivity index is 2.56. The van der Waals surface area contributed by atoms with E-state index in [-0.39, 0.29) is 11.8 Å². The van der Waals surface area contributed by atoms with Gasteiger partial charge in [0.15, 0.2) is 0 Å². The summed E-state index contributed by atoms with van der Waals surface area (Å²) in [6, 6.07) is 7.03. The van der Waals surface area contributed by atoms with E-state index in [4.69, 9.17) is 0 Å². The fraction of sp³-hybridized carbons (Fsp3) is 0.467. The number of carbonyl (C=O) groups excluding carboxylic acids is 2. The van der Waals surface area contributed by atoms with E-state index in [2.05, 4.69) is 17.6 Å². The molecule has 0 unspecified atom stereocenters. The Kier molecular flexibility index (Phi) is 6.64. The van der Waals surface area contributed by atoms with Gasteiger partial charge >= 0.3 is 0 Å². The molecule has 0 fully saturated rings. The van der Waals surface area contributed by atoms with Crippen molar-refractivity contribution in [1.29, 1.82) is 0 Å². The van der Waals surface area contributed by atoms with Crippen molar-refractivity contribution in [1.82, 2.24) is 5.32 Å². The van der Waals surface area contributed by atoms with E-state index in [0.717, 1.165) is 25.7 Å². The maximum Gasteiger partial charge on any atom is 0.253 e. The highest BCUT2D eigenvalue weighted by Gasteiger charge is 2.11. The second-order valence-corrected chi connectivity index (χ2v) is 4.48. The summed E-state index contributed by atoms with van der Waals surface area (Å²) < 4.78 is 0. The van der Waals surface area contributed by atoms with Crippen LogP contribution in [0.15, 0.2) is 24.3 Å². The van der Waals surface area contributed by atoms with Gasteiger partial charge < -0.3 is 10.6 Å². The maximum atomic E-state index is 11.8. The molecule has 0 radical (unpaired) electrons. The Hall–Kier alpha value is -1.84. The molecule has 0 aliphatic carbocycles. The molecule has 0 saturated carbocycles. The summed E-state index contributed by atoms with van der Waals surface area (Å²) >= 11 is 0. The first-order chi connectivity index (χ1) is 9.19. The molecule has 0 spiro atoms. The third-order valence-corrected chi connectivity index (χ3v) is 2.93. The molecule has 0 aliphatic rings. The zero-order valence-electron chi connectivity index (χ0n) is 11.7. The monoisotopic (exact) mass is 262 g/mol. The summed E-state index contributed by atoms with van der Waals surface area (Å²) in [5.74, 6) is -0.227. The molecular formula is C15H22N2O2. The van der Waals surface area contributed by atoms with Gasteiger partial charge in [-0.2, -0.15) is 0 Å². The smallest absolute Gasteiger partial charge is 0.253 e. The number of anilines is 1. The van der Waals surface area contributed by atoms with Gasteiger partial charge in [-0.15, -0.1) is 0 Å². The predicted octanol–water partition coefficient (Wildman–Crippen LogP) is 2.96. The highest BCUT2D eigenvalue weighted by Crippen LogP contribution is 2.15. The Morgan fingerprint density at radius 3 is 2.53 bits per heavy atom. The van der Waals surface area contributed by atoms with E-state index in [1.165, 1.54) is 0 Å². The highest BCUT2D eigenvalue weighted by molar-refractivity contribution is 6.03. The van der Waals surface area contributed by atoms with Crippen LogP contribution in [0.2, 0.25) is 0 Å². The molecule has 1 rings (SSSR count). The van der Waals surface area contributed by atoms with Crippen molar-refractivity contribution in [2.45, 2.75) is 39.0 Å². The Morgan fingerprint density at radius 2 is 1.84 bits per heavy atom. The van der Waals surface area contributed by atoms with Crippen LogP contribution < -0.4 is 10.6 Å². The van der Waals surface area contributed by atoms with E-state index in [9.17, 15) is 9.59 Å². The van der Waals surface area contributed by atoms with Crippen LogP contribution >= 0.6 is 0 Å². The molecular weight excluding hydrogens is 240 g/mol. The average molecular weight is 262 g/mol. The molecule has 0 bridgehead atoms. The van der Waals surface area contributed by atoms with Crippen molar-refractivity contribution in [3.05, 3.63) is 29.8 Å². The fourth-order valence-electron chi connectivity index (χ4n) is 1.85. The number of carbonyl (C=O) groups is 2. The number of rotatable bonds is 7. The lowest BCUT2D eigenvalue weighted by Gasteiger charge is -2.09. The van der Waals surface area contributed by atoms with Crippen LogP contribution in [-0.2, 0) is 4.79 Å². The van der Waals surface area contributed by atoms with Gasteiger partial charge in [-0.1, -0.05) is 38.3 Å². The maximum absolute atomic E-state index is 11.8. The van der Waals surface area contributed by atoms with Crippen molar-refractivity contribution in [3.63, 3.8) is 0 Å². The van der Waals surface area contributed by atoms with Crippen LogP contribution in [0.5, 0.6) is 0 Å². The van der Waals surface area contributed by atoms with E-state index in [0.29, 0.717) is 17.7 Å². The van der Waals surface area contributed by atoms with E-state index in [1.54, 1.807) is 31.3 Å². The van der Waals surface area contributed by atoms with Gasteiger partial charge in [0.1, 0.15) is 0 Å². The minimum atomic E-state index is -0.193. The van der Waals surface area contributed by atoms with E-state index in [1.807, 2.05) is 0 Å². The van der Waals surface area contributed by atoms with E-state index < -0.39 is 0 Å². The van der Waals surface area contributed by atoms with Crippen LogP contribution in [0, 0.1) is 0 Å². The minimum absolute atomic E-state index is 0.0348. The van der Waals surface area contributed by atoms with E-state index >= 15 is 0 Å². The summed E-state index contributed by atoms with van der Waals surface area (Å²) in [5, 5.41) is 5.37. The number of benzene rings is 1. The number of hydrogen-bond donors (Lipinski definition) is 2. The zero-order valence-corrected chi connectivity index (χ0v) is 11.7. The SMILES string of the molecule is CCCCCCC(=O)Nc1ccccc1C(=O)NC. The third kappa shape index (κ3) is 5.12. The second-order valence-electron chi connectivity index (χ2n) is 4.48.